The van der Waals surface area contributed by atoms with Gasteiger partial charge in [0.1, 0.15) is 5.01 Å². The predicted molar refractivity (Wildman–Crippen MR) is 79.1 cm³/mol. The lowest BCUT2D eigenvalue weighted by molar-refractivity contribution is 0.601. The van der Waals surface area contributed by atoms with Crippen molar-refractivity contribution in [2.75, 3.05) is 4.72 Å². The molecule has 20 heavy (non-hydrogen) atoms. The first-order valence-electron chi connectivity index (χ1n) is 6.13. The number of sulfonamides is 1. The van der Waals surface area contributed by atoms with Crippen molar-refractivity contribution >= 4 is 26.5 Å². The second-order valence-electron chi connectivity index (χ2n) is 4.32. The molecule has 0 aliphatic rings. The molecule has 0 saturated heterocycles. The normalized spacial score (nSPS) is 13.2. The van der Waals surface area contributed by atoms with Gasteiger partial charge in [0.25, 0.3) is 10.0 Å². The molecule has 1 aromatic heterocycles. The quantitative estimate of drug-likeness (QED) is 0.879. The fraction of sp³-hybridized carbons (Fsp3) is 0.333. The zero-order valence-electron chi connectivity index (χ0n) is 11.2. The predicted octanol–water partition coefficient (Wildman–Crippen LogP) is 1.92. The van der Waals surface area contributed by atoms with Gasteiger partial charge in [0.15, 0.2) is 0 Å². The van der Waals surface area contributed by atoms with Crippen molar-refractivity contribution in [3.63, 3.8) is 0 Å². The van der Waals surface area contributed by atoms with E-state index in [9.17, 15) is 8.42 Å². The van der Waals surface area contributed by atoms with Crippen LogP contribution in [0.4, 0.5) is 5.13 Å². The minimum absolute atomic E-state index is 0.130. The molecule has 0 bridgehead atoms. The average Bonchev–Trinajstić information content (AvgIpc) is 2.85. The van der Waals surface area contributed by atoms with Crippen molar-refractivity contribution in [2.24, 2.45) is 5.73 Å². The van der Waals surface area contributed by atoms with Crippen LogP contribution in [0.1, 0.15) is 30.5 Å². The van der Waals surface area contributed by atoms with E-state index in [-0.39, 0.29) is 16.1 Å². The first kappa shape index (κ1) is 14.9. The number of hydrogen-bond acceptors (Lipinski definition) is 6. The summed E-state index contributed by atoms with van der Waals surface area (Å²) in [5.74, 6) is 0. The average molecular weight is 312 g/mol. The van der Waals surface area contributed by atoms with Crippen LogP contribution in [0, 0.1) is 0 Å². The van der Waals surface area contributed by atoms with E-state index < -0.39 is 10.0 Å². The smallest absolute Gasteiger partial charge is 0.263 e. The summed E-state index contributed by atoms with van der Waals surface area (Å²) in [5.41, 5.74) is 6.62. The Balaban J connectivity index is 2.21. The summed E-state index contributed by atoms with van der Waals surface area (Å²) in [6, 6.07) is 6.34. The highest BCUT2D eigenvalue weighted by atomic mass is 32.2. The number of rotatable bonds is 5. The van der Waals surface area contributed by atoms with E-state index in [1.165, 1.54) is 23.5 Å². The molecule has 2 rings (SSSR count). The van der Waals surface area contributed by atoms with Gasteiger partial charge in [0.05, 0.1) is 4.90 Å². The molecule has 0 fully saturated rings. The number of nitrogens with two attached hydrogens (primary N) is 1. The molecule has 1 aromatic carbocycles. The Morgan fingerprint density at radius 3 is 2.45 bits per heavy atom. The van der Waals surface area contributed by atoms with Crippen LogP contribution in [-0.2, 0) is 16.4 Å². The van der Waals surface area contributed by atoms with Gasteiger partial charge in [-0.1, -0.05) is 30.4 Å². The second kappa shape index (κ2) is 5.86. The summed E-state index contributed by atoms with van der Waals surface area (Å²) in [6.07, 6.45) is 0.725. The molecule has 0 spiro atoms. The van der Waals surface area contributed by atoms with E-state index in [4.69, 9.17) is 5.73 Å². The lowest BCUT2D eigenvalue weighted by Crippen LogP contribution is -2.13. The molecular weight excluding hydrogens is 296 g/mol. The molecule has 0 aliphatic heterocycles. The molecule has 0 radical (unpaired) electrons. The van der Waals surface area contributed by atoms with Crippen molar-refractivity contribution in [1.82, 2.24) is 10.2 Å². The summed E-state index contributed by atoms with van der Waals surface area (Å²) in [7, 11) is -3.63. The highest BCUT2D eigenvalue weighted by Crippen LogP contribution is 2.21. The SMILES string of the molecule is CCc1nnc(NS(=O)(=O)c2ccc(C(C)N)cc2)s1. The lowest BCUT2D eigenvalue weighted by atomic mass is 10.1. The van der Waals surface area contributed by atoms with Crippen LogP contribution in [0.5, 0.6) is 0 Å². The van der Waals surface area contributed by atoms with Crippen LogP contribution in [0.15, 0.2) is 29.2 Å². The third-order valence-corrected chi connectivity index (χ3v) is 5.17. The van der Waals surface area contributed by atoms with Gasteiger partial charge >= 0.3 is 0 Å². The highest BCUT2D eigenvalue weighted by molar-refractivity contribution is 7.93. The lowest BCUT2D eigenvalue weighted by Gasteiger charge is -2.08. The molecule has 0 saturated carbocycles. The van der Waals surface area contributed by atoms with Gasteiger partial charge in [-0.3, -0.25) is 4.72 Å². The molecule has 3 N–H and O–H groups in total. The highest BCUT2D eigenvalue weighted by Gasteiger charge is 2.16. The van der Waals surface area contributed by atoms with Gasteiger partial charge < -0.3 is 5.73 Å². The van der Waals surface area contributed by atoms with E-state index in [0.29, 0.717) is 0 Å². The number of anilines is 1. The van der Waals surface area contributed by atoms with Crippen LogP contribution >= 0.6 is 11.3 Å². The van der Waals surface area contributed by atoms with Crippen LogP contribution < -0.4 is 10.5 Å². The van der Waals surface area contributed by atoms with Crippen LogP contribution in [-0.4, -0.2) is 18.6 Å². The molecule has 6 nitrogen and oxygen atoms in total. The minimum Gasteiger partial charge on any atom is -0.324 e. The molecule has 1 heterocycles. The summed E-state index contributed by atoms with van der Waals surface area (Å²) in [4.78, 5) is 0.176. The molecule has 108 valence electrons. The Hall–Kier alpha value is -1.51. The first-order chi connectivity index (χ1) is 9.42. The third kappa shape index (κ3) is 3.33. The van der Waals surface area contributed by atoms with Gasteiger partial charge in [0.2, 0.25) is 5.13 Å². The Kier molecular flexibility index (Phi) is 4.36. The van der Waals surface area contributed by atoms with E-state index in [1.54, 1.807) is 12.1 Å². The maximum atomic E-state index is 12.2. The molecule has 1 atom stereocenters. The molecular formula is C12H16N4O2S2. The number of nitrogens with one attached hydrogen (secondary N) is 1. The molecule has 1 unspecified atom stereocenters. The van der Waals surface area contributed by atoms with E-state index in [0.717, 1.165) is 17.0 Å². The van der Waals surface area contributed by atoms with Gasteiger partial charge in [-0.05, 0) is 31.0 Å². The largest absolute Gasteiger partial charge is 0.324 e. The molecule has 8 heteroatoms. The zero-order valence-corrected chi connectivity index (χ0v) is 12.8. The number of aryl methyl sites for hydroxylation is 1. The third-order valence-electron chi connectivity index (χ3n) is 2.71. The van der Waals surface area contributed by atoms with E-state index in [2.05, 4.69) is 14.9 Å². The van der Waals surface area contributed by atoms with Crippen LogP contribution in [0.25, 0.3) is 0 Å². The topological polar surface area (TPSA) is 98.0 Å². The van der Waals surface area contributed by atoms with Gasteiger partial charge in [-0.15, -0.1) is 10.2 Å². The van der Waals surface area contributed by atoms with Crippen LogP contribution in [0.3, 0.4) is 0 Å². The Morgan fingerprint density at radius 1 is 1.30 bits per heavy atom. The Morgan fingerprint density at radius 2 is 1.95 bits per heavy atom. The van der Waals surface area contributed by atoms with E-state index in [1.807, 2.05) is 13.8 Å². The van der Waals surface area contributed by atoms with Crippen molar-refractivity contribution in [1.29, 1.82) is 0 Å². The summed E-state index contributed by atoms with van der Waals surface area (Å²) >= 11 is 1.23. The maximum Gasteiger partial charge on any atom is 0.263 e. The van der Waals surface area contributed by atoms with Crippen molar-refractivity contribution in [2.45, 2.75) is 31.2 Å². The molecule has 0 aliphatic carbocycles. The van der Waals surface area contributed by atoms with E-state index >= 15 is 0 Å². The van der Waals surface area contributed by atoms with Gasteiger partial charge in [0, 0.05) is 6.04 Å². The molecule has 0 amide bonds. The minimum atomic E-state index is -3.63. The zero-order chi connectivity index (χ0) is 14.8. The fourth-order valence-corrected chi connectivity index (χ4v) is 3.47. The van der Waals surface area contributed by atoms with Gasteiger partial charge in [-0.2, -0.15) is 0 Å². The Labute approximate surface area is 122 Å². The standard InChI is InChI=1S/C12H16N4O2S2/c1-3-11-14-15-12(19-11)16-20(17,18)10-6-4-9(5-7-10)8(2)13/h4-8H,3,13H2,1-2H3,(H,15,16). The molecule has 2 aromatic rings. The van der Waals surface area contributed by atoms with Crippen LogP contribution in [0.2, 0.25) is 0 Å². The van der Waals surface area contributed by atoms with Crippen molar-refractivity contribution in [3.8, 4) is 0 Å². The fourth-order valence-electron chi connectivity index (χ4n) is 1.56. The summed E-state index contributed by atoms with van der Waals surface area (Å²) in [5, 5.41) is 8.74. The Bertz CT molecular complexity index is 678. The summed E-state index contributed by atoms with van der Waals surface area (Å²) in [6.45, 7) is 3.78. The van der Waals surface area contributed by atoms with Crippen molar-refractivity contribution < 1.29 is 8.42 Å². The monoisotopic (exact) mass is 312 g/mol. The maximum absolute atomic E-state index is 12.2. The number of aromatic nitrogens is 2. The van der Waals surface area contributed by atoms with Crippen molar-refractivity contribution in [3.05, 3.63) is 34.8 Å². The number of nitrogens with zero attached hydrogens (tertiary/aromatic N) is 2. The first-order valence-corrected chi connectivity index (χ1v) is 8.43. The summed E-state index contributed by atoms with van der Waals surface area (Å²) < 4.78 is 26.8. The number of benzene rings is 1. The second-order valence-corrected chi connectivity index (χ2v) is 7.06. The number of hydrogen-bond donors (Lipinski definition) is 2. The van der Waals surface area contributed by atoms with Gasteiger partial charge in [-0.25, -0.2) is 8.42 Å².